The van der Waals surface area contributed by atoms with Crippen molar-refractivity contribution in [3.8, 4) is 0 Å². The van der Waals surface area contributed by atoms with Gasteiger partial charge in [-0.1, -0.05) is 32.0 Å². The van der Waals surface area contributed by atoms with E-state index in [0.717, 1.165) is 11.3 Å². The molecule has 3 heteroatoms. The van der Waals surface area contributed by atoms with Crippen LogP contribution in [0, 0.1) is 0 Å². The fourth-order valence-corrected chi connectivity index (χ4v) is 1.43. The second-order valence-electron chi connectivity index (χ2n) is 3.95. The monoisotopic (exact) mass is 207 g/mol. The SMILES string of the molecule is CC(Nc1ccccc1C(C)C)C(=O)O. The molecule has 1 rings (SSSR count). The van der Waals surface area contributed by atoms with Crippen LogP contribution in [0.2, 0.25) is 0 Å². The fourth-order valence-electron chi connectivity index (χ4n) is 1.43. The average molecular weight is 207 g/mol. The first-order valence-electron chi connectivity index (χ1n) is 5.10. The number of benzene rings is 1. The Labute approximate surface area is 90.1 Å². The second-order valence-corrected chi connectivity index (χ2v) is 3.95. The van der Waals surface area contributed by atoms with Gasteiger partial charge in [-0.05, 0) is 24.5 Å². The number of anilines is 1. The summed E-state index contributed by atoms with van der Waals surface area (Å²) in [7, 11) is 0. The molecule has 0 amide bonds. The summed E-state index contributed by atoms with van der Waals surface area (Å²) in [5, 5.41) is 11.8. The van der Waals surface area contributed by atoms with Gasteiger partial charge in [-0.2, -0.15) is 0 Å². The molecule has 3 nitrogen and oxygen atoms in total. The molecule has 0 saturated heterocycles. The van der Waals surface area contributed by atoms with E-state index in [4.69, 9.17) is 5.11 Å². The van der Waals surface area contributed by atoms with E-state index in [9.17, 15) is 4.79 Å². The number of carboxylic acids is 1. The summed E-state index contributed by atoms with van der Waals surface area (Å²) in [6.07, 6.45) is 0. The minimum atomic E-state index is -0.839. The second kappa shape index (κ2) is 4.82. The van der Waals surface area contributed by atoms with Crippen LogP contribution < -0.4 is 5.32 Å². The highest BCUT2D eigenvalue weighted by Gasteiger charge is 2.13. The molecule has 0 aliphatic rings. The quantitative estimate of drug-likeness (QED) is 0.798. The number of hydrogen-bond donors (Lipinski definition) is 2. The van der Waals surface area contributed by atoms with Crippen LogP contribution in [0.3, 0.4) is 0 Å². The van der Waals surface area contributed by atoms with Gasteiger partial charge in [0.05, 0.1) is 0 Å². The number of nitrogens with one attached hydrogen (secondary N) is 1. The Morgan fingerprint density at radius 1 is 1.27 bits per heavy atom. The third kappa shape index (κ3) is 2.98. The maximum Gasteiger partial charge on any atom is 0.325 e. The third-order valence-corrected chi connectivity index (χ3v) is 2.33. The summed E-state index contributed by atoms with van der Waals surface area (Å²) in [5.74, 6) is -0.455. The topological polar surface area (TPSA) is 49.3 Å². The van der Waals surface area contributed by atoms with Gasteiger partial charge in [0.2, 0.25) is 0 Å². The van der Waals surface area contributed by atoms with Crippen LogP contribution in [0.1, 0.15) is 32.3 Å². The summed E-state index contributed by atoms with van der Waals surface area (Å²) in [5.41, 5.74) is 2.05. The lowest BCUT2D eigenvalue weighted by molar-refractivity contribution is -0.137. The Kier molecular flexibility index (Phi) is 3.72. The predicted octanol–water partition coefficient (Wildman–Crippen LogP) is 2.70. The normalized spacial score (nSPS) is 12.5. The van der Waals surface area contributed by atoms with Crippen LogP contribution in [-0.4, -0.2) is 17.1 Å². The smallest absolute Gasteiger partial charge is 0.325 e. The van der Waals surface area contributed by atoms with Gasteiger partial charge < -0.3 is 10.4 Å². The van der Waals surface area contributed by atoms with Crippen molar-refractivity contribution in [3.63, 3.8) is 0 Å². The zero-order valence-corrected chi connectivity index (χ0v) is 9.32. The van der Waals surface area contributed by atoms with Crippen molar-refractivity contribution in [2.45, 2.75) is 32.7 Å². The zero-order chi connectivity index (χ0) is 11.4. The van der Waals surface area contributed by atoms with Crippen molar-refractivity contribution in [1.82, 2.24) is 0 Å². The van der Waals surface area contributed by atoms with Gasteiger partial charge in [-0.3, -0.25) is 4.79 Å². The van der Waals surface area contributed by atoms with Crippen LogP contribution in [0.5, 0.6) is 0 Å². The minimum absolute atomic E-state index is 0.384. The molecular weight excluding hydrogens is 190 g/mol. The van der Waals surface area contributed by atoms with E-state index in [1.54, 1.807) is 6.92 Å². The van der Waals surface area contributed by atoms with Crippen molar-refractivity contribution < 1.29 is 9.90 Å². The molecule has 0 fully saturated rings. The highest BCUT2D eigenvalue weighted by atomic mass is 16.4. The highest BCUT2D eigenvalue weighted by molar-refractivity contribution is 5.77. The molecule has 1 aromatic carbocycles. The number of carbonyl (C=O) groups is 1. The Hall–Kier alpha value is -1.51. The molecule has 0 aliphatic carbocycles. The molecule has 1 aromatic rings. The summed E-state index contributed by atoms with van der Waals surface area (Å²) in [6, 6.07) is 7.23. The maximum absolute atomic E-state index is 10.7. The van der Waals surface area contributed by atoms with E-state index in [1.165, 1.54) is 0 Å². The molecule has 82 valence electrons. The molecule has 0 saturated carbocycles. The molecule has 0 aliphatic heterocycles. The molecule has 0 spiro atoms. The zero-order valence-electron chi connectivity index (χ0n) is 9.32. The summed E-state index contributed by atoms with van der Waals surface area (Å²) in [4.78, 5) is 10.7. The van der Waals surface area contributed by atoms with Crippen LogP contribution >= 0.6 is 0 Å². The molecular formula is C12H17NO2. The number of aliphatic carboxylic acids is 1. The first-order chi connectivity index (χ1) is 7.02. The van der Waals surface area contributed by atoms with Crippen LogP contribution in [0.4, 0.5) is 5.69 Å². The lowest BCUT2D eigenvalue weighted by Crippen LogP contribution is -2.26. The predicted molar refractivity (Wildman–Crippen MR) is 61.3 cm³/mol. The van der Waals surface area contributed by atoms with Gasteiger partial charge in [-0.15, -0.1) is 0 Å². The summed E-state index contributed by atoms with van der Waals surface area (Å²) >= 11 is 0. The van der Waals surface area contributed by atoms with Crippen molar-refractivity contribution >= 4 is 11.7 Å². The van der Waals surface area contributed by atoms with E-state index in [2.05, 4.69) is 19.2 Å². The average Bonchev–Trinajstić information content (AvgIpc) is 2.18. The van der Waals surface area contributed by atoms with Gasteiger partial charge in [0.1, 0.15) is 6.04 Å². The fraction of sp³-hybridized carbons (Fsp3) is 0.417. The number of carboxylic acid groups (broad SMARTS) is 1. The molecule has 15 heavy (non-hydrogen) atoms. The van der Waals surface area contributed by atoms with Crippen molar-refractivity contribution in [1.29, 1.82) is 0 Å². The van der Waals surface area contributed by atoms with Gasteiger partial charge in [-0.25, -0.2) is 0 Å². The van der Waals surface area contributed by atoms with Crippen LogP contribution in [0.25, 0.3) is 0 Å². The lowest BCUT2D eigenvalue weighted by atomic mass is 10.0. The summed E-state index contributed by atoms with van der Waals surface area (Å²) in [6.45, 7) is 5.82. The number of rotatable bonds is 4. The van der Waals surface area contributed by atoms with E-state index >= 15 is 0 Å². The molecule has 0 heterocycles. The van der Waals surface area contributed by atoms with Gasteiger partial charge >= 0.3 is 5.97 Å². The van der Waals surface area contributed by atoms with Gasteiger partial charge in [0.15, 0.2) is 0 Å². The highest BCUT2D eigenvalue weighted by Crippen LogP contribution is 2.24. The first-order valence-corrected chi connectivity index (χ1v) is 5.10. The van der Waals surface area contributed by atoms with E-state index in [0.29, 0.717) is 5.92 Å². The molecule has 0 aromatic heterocycles. The summed E-state index contributed by atoms with van der Waals surface area (Å²) < 4.78 is 0. The molecule has 1 atom stereocenters. The Morgan fingerprint density at radius 3 is 2.40 bits per heavy atom. The van der Waals surface area contributed by atoms with Gasteiger partial charge in [0.25, 0.3) is 0 Å². The Balaban J connectivity index is 2.89. The standard InChI is InChI=1S/C12H17NO2/c1-8(2)10-6-4-5-7-11(10)13-9(3)12(14)15/h4-9,13H,1-3H3,(H,14,15). The van der Waals surface area contributed by atoms with E-state index < -0.39 is 12.0 Å². The first kappa shape index (κ1) is 11.6. The van der Waals surface area contributed by atoms with E-state index in [1.807, 2.05) is 24.3 Å². The van der Waals surface area contributed by atoms with Crippen molar-refractivity contribution in [2.75, 3.05) is 5.32 Å². The molecule has 0 radical (unpaired) electrons. The third-order valence-electron chi connectivity index (χ3n) is 2.33. The van der Waals surface area contributed by atoms with Crippen molar-refractivity contribution in [3.05, 3.63) is 29.8 Å². The van der Waals surface area contributed by atoms with Crippen LogP contribution in [-0.2, 0) is 4.79 Å². The van der Waals surface area contributed by atoms with Crippen molar-refractivity contribution in [2.24, 2.45) is 0 Å². The van der Waals surface area contributed by atoms with Crippen LogP contribution in [0.15, 0.2) is 24.3 Å². The molecule has 0 bridgehead atoms. The number of para-hydroxylation sites is 1. The maximum atomic E-state index is 10.7. The van der Waals surface area contributed by atoms with Gasteiger partial charge in [0, 0.05) is 5.69 Å². The number of hydrogen-bond acceptors (Lipinski definition) is 2. The molecule has 1 unspecified atom stereocenters. The minimum Gasteiger partial charge on any atom is -0.480 e. The van der Waals surface area contributed by atoms with E-state index in [-0.39, 0.29) is 0 Å². The Morgan fingerprint density at radius 2 is 1.87 bits per heavy atom. The Bertz CT molecular complexity index is 347. The lowest BCUT2D eigenvalue weighted by Gasteiger charge is -2.16. The largest absolute Gasteiger partial charge is 0.480 e. The molecule has 2 N–H and O–H groups in total.